The minimum atomic E-state index is -1.65. The van der Waals surface area contributed by atoms with Crippen LogP contribution in [0.15, 0.2) is 0 Å². The average Bonchev–Trinajstić information content (AvgIpc) is 2.34. The van der Waals surface area contributed by atoms with Crippen LogP contribution in [0.5, 0.6) is 0 Å². The van der Waals surface area contributed by atoms with Crippen LogP contribution in [0.4, 0.5) is 0 Å². The molecule has 0 aromatic rings. The molecule has 0 aromatic carbocycles. The number of hydrogen-bond acceptors (Lipinski definition) is 8. The van der Waals surface area contributed by atoms with Crippen molar-refractivity contribution in [1.29, 1.82) is 0 Å². The fraction of sp³-hybridized carbons (Fsp3) is 1.00. The molecule has 2 unspecified atom stereocenters. The topological polar surface area (TPSA) is 151 Å². The molecule has 0 radical (unpaired) electrons. The van der Waals surface area contributed by atoms with Gasteiger partial charge in [0.2, 0.25) is 0 Å². The van der Waals surface area contributed by atoms with Gasteiger partial charge in [-0.1, -0.05) is 0 Å². The second-order valence-electron chi connectivity index (χ2n) is 4.03. The summed E-state index contributed by atoms with van der Waals surface area (Å²) in [6.45, 7) is -1.38. The molecule has 7 N–H and O–H groups in total. The van der Waals surface area contributed by atoms with Crippen molar-refractivity contribution in [3.8, 4) is 0 Å². The van der Waals surface area contributed by atoms with Crippen molar-refractivity contribution in [2.75, 3.05) is 13.2 Å². The zero-order valence-electron chi connectivity index (χ0n) is 8.99. The van der Waals surface area contributed by atoms with Crippen molar-refractivity contribution in [1.82, 2.24) is 0 Å². The van der Waals surface area contributed by atoms with Gasteiger partial charge < -0.3 is 40.5 Å². The number of aliphatic hydroxyl groups is 7. The Labute approximate surface area is 97.3 Å². The maximum Gasteiger partial charge on any atom is 0.115 e. The smallest absolute Gasteiger partial charge is 0.115 e. The van der Waals surface area contributed by atoms with Crippen LogP contribution in [0.25, 0.3) is 0 Å². The first-order valence-electron chi connectivity index (χ1n) is 5.21. The predicted octanol–water partition coefficient (Wildman–Crippen LogP) is -4.46. The van der Waals surface area contributed by atoms with E-state index in [9.17, 15) is 25.5 Å². The molecule has 0 spiro atoms. The molecule has 0 amide bonds. The molecular weight excluding hydrogens is 236 g/mol. The summed E-state index contributed by atoms with van der Waals surface area (Å²) in [5, 5.41) is 64.8. The lowest BCUT2D eigenvalue weighted by Gasteiger charge is -2.42. The molecule has 8 nitrogen and oxygen atoms in total. The molecular formula is C9H18O8. The van der Waals surface area contributed by atoms with Crippen LogP contribution in [-0.2, 0) is 4.74 Å². The van der Waals surface area contributed by atoms with E-state index in [0.29, 0.717) is 0 Å². The van der Waals surface area contributed by atoms with E-state index in [-0.39, 0.29) is 0 Å². The molecule has 1 heterocycles. The molecule has 7 atom stereocenters. The molecule has 8 heteroatoms. The van der Waals surface area contributed by atoms with Gasteiger partial charge in [0.05, 0.1) is 13.2 Å². The lowest BCUT2D eigenvalue weighted by atomic mass is 9.91. The van der Waals surface area contributed by atoms with Crippen molar-refractivity contribution in [2.24, 2.45) is 0 Å². The summed E-state index contributed by atoms with van der Waals surface area (Å²) < 4.78 is 4.98. The van der Waals surface area contributed by atoms with Gasteiger partial charge in [-0.15, -0.1) is 0 Å². The number of ether oxygens (including phenoxy) is 1. The van der Waals surface area contributed by atoms with Crippen molar-refractivity contribution in [3.63, 3.8) is 0 Å². The van der Waals surface area contributed by atoms with Gasteiger partial charge in [0, 0.05) is 0 Å². The Morgan fingerprint density at radius 1 is 0.941 bits per heavy atom. The summed E-state index contributed by atoms with van der Waals surface area (Å²) in [6, 6.07) is 0. The monoisotopic (exact) mass is 254 g/mol. The first-order chi connectivity index (χ1) is 7.93. The van der Waals surface area contributed by atoms with Crippen molar-refractivity contribution in [2.45, 2.75) is 42.7 Å². The SMILES string of the molecule is OC[C@H](O)C(O)C1O[C@H](CO)[C@H](O)[C@H](O)[C@H]1O. The molecule has 17 heavy (non-hydrogen) atoms. The summed E-state index contributed by atoms with van der Waals surface area (Å²) in [7, 11) is 0. The van der Waals surface area contributed by atoms with Gasteiger partial charge in [-0.3, -0.25) is 0 Å². The highest BCUT2D eigenvalue weighted by molar-refractivity contribution is 4.96. The summed E-state index contributed by atoms with van der Waals surface area (Å²) in [5.74, 6) is 0. The van der Waals surface area contributed by atoms with Crippen molar-refractivity contribution in [3.05, 3.63) is 0 Å². The zero-order valence-corrected chi connectivity index (χ0v) is 8.99. The average molecular weight is 254 g/mol. The van der Waals surface area contributed by atoms with E-state index in [1.165, 1.54) is 0 Å². The molecule has 0 aromatic heterocycles. The standard InChI is InChI=1S/C9H18O8/c10-1-3(12)5(13)9-8(16)7(15)6(14)4(2-11)17-9/h3-16H,1-2H2/t3-,4+,5?,6-,7-,8+,9?/m0/s1. The third-order valence-electron chi connectivity index (χ3n) is 2.85. The highest BCUT2D eigenvalue weighted by Gasteiger charge is 2.47. The fourth-order valence-electron chi connectivity index (χ4n) is 1.74. The largest absolute Gasteiger partial charge is 0.394 e. The molecule has 0 bridgehead atoms. The van der Waals surface area contributed by atoms with Gasteiger partial charge >= 0.3 is 0 Å². The second kappa shape index (κ2) is 6.03. The quantitative estimate of drug-likeness (QED) is 0.265. The van der Waals surface area contributed by atoms with Gasteiger partial charge in [0.15, 0.2) is 0 Å². The molecule has 1 rings (SSSR count). The lowest BCUT2D eigenvalue weighted by Crippen LogP contribution is -2.63. The summed E-state index contributed by atoms with van der Waals surface area (Å²) in [6.07, 6.45) is -10.5. The van der Waals surface area contributed by atoms with E-state index in [1.54, 1.807) is 0 Å². The lowest BCUT2D eigenvalue weighted by molar-refractivity contribution is -0.258. The van der Waals surface area contributed by atoms with Crippen LogP contribution in [-0.4, -0.2) is 91.7 Å². The van der Waals surface area contributed by atoms with Gasteiger partial charge in [-0.05, 0) is 0 Å². The normalized spacial score (nSPS) is 42.2. The highest BCUT2D eigenvalue weighted by atomic mass is 16.6. The van der Waals surface area contributed by atoms with E-state index in [2.05, 4.69) is 0 Å². The zero-order chi connectivity index (χ0) is 13.2. The molecule has 0 saturated carbocycles. The van der Waals surface area contributed by atoms with Crippen LogP contribution < -0.4 is 0 Å². The molecule has 1 fully saturated rings. The van der Waals surface area contributed by atoms with Crippen LogP contribution in [0.3, 0.4) is 0 Å². The number of hydrogen-bond donors (Lipinski definition) is 7. The summed E-state index contributed by atoms with van der Waals surface area (Å²) in [5.41, 5.74) is 0. The molecule has 1 saturated heterocycles. The molecule has 1 aliphatic heterocycles. The van der Waals surface area contributed by atoms with Gasteiger partial charge in [0.1, 0.15) is 42.7 Å². The maximum atomic E-state index is 9.57. The minimum absolute atomic E-state index is 0.622. The van der Waals surface area contributed by atoms with E-state index in [0.717, 1.165) is 0 Å². The highest BCUT2D eigenvalue weighted by Crippen LogP contribution is 2.24. The Hall–Kier alpha value is -0.320. The Bertz CT molecular complexity index is 231. The molecule has 102 valence electrons. The van der Waals surface area contributed by atoms with E-state index >= 15 is 0 Å². The Morgan fingerprint density at radius 3 is 2.00 bits per heavy atom. The fourth-order valence-corrected chi connectivity index (χ4v) is 1.74. The van der Waals surface area contributed by atoms with Crippen molar-refractivity contribution < 1.29 is 40.5 Å². The van der Waals surface area contributed by atoms with E-state index < -0.39 is 55.9 Å². The summed E-state index contributed by atoms with van der Waals surface area (Å²) >= 11 is 0. The van der Waals surface area contributed by atoms with E-state index in [4.69, 9.17) is 14.9 Å². The second-order valence-corrected chi connectivity index (χ2v) is 4.03. The number of rotatable bonds is 4. The van der Waals surface area contributed by atoms with Crippen LogP contribution in [0.2, 0.25) is 0 Å². The first-order valence-corrected chi connectivity index (χ1v) is 5.21. The Morgan fingerprint density at radius 2 is 1.53 bits per heavy atom. The van der Waals surface area contributed by atoms with Crippen molar-refractivity contribution >= 4 is 0 Å². The molecule has 1 aliphatic rings. The third-order valence-corrected chi connectivity index (χ3v) is 2.85. The maximum absolute atomic E-state index is 9.57. The minimum Gasteiger partial charge on any atom is -0.394 e. The van der Waals surface area contributed by atoms with Gasteiger partial charge in [-0.2, -0.15) is 0 Å². The Balaban J connectivity index is 2.78. The van der Waals surface area contributed by atoms with Gasteiger partial charge in [0.25, 0.3) is 0 Å². The van der Waals surface area contributed by atoms with E-state index in [1.807, 2.05) is 0 Å². The van der Waals surface area contributed by atoms with Crippen LogP contribution in [0, 0.1) is 0 Å². The predicted molar refractivity (Wildman–Crippen MR) is 52.9 cm³/mol. The van der Waals surface area contributed by atoms with Crippen LogP contribution in [0.1, 0.15) is 0 Å². The Kier molecular flexibility index (Phi) is 5.22. The summed E-state index contributed by atoms with van der Waals surface area (Å²) in [4.78, 5) is 0. The first kappa shape index (κ1) is 14.7. The molecule has 0 aliphatic carbocycles. The third kappa shape index (κ3) is 2.92. The number of aliphatic hydroxyl groups excluding tert-OH is 7. The van der Waals surface area contributed by atoms with Crippen LogP contribution >= 0.6 is 0 Å². The van der Waals surface area contributed by atoms with Gasteiger partial charge in [-0.25, -0.2) is 0 Å².